The van der Waals surface area contributed by atoms with Gasteiger partial charge in [0.05, 0.1) is 22.7 Å². The third-order valence-electron chi connectivity index (χ3n) is 7.61. The number of aromatic nitrogens is 1. The van der Waals surface area contributed by atoms with Crippen molar-refractivity contribution in [3.8, 4) is 5.69 Å². The van der Waals surface area contributed by atoms with E-state index in [4.69, 9.17) is 11.6 Å². The molecule has 6 heteroatoms. The Kier molecular flexibility index (Phi) is 5.65. The van der Waals surface area contributed by atoms with Crippen LogP contribution >= 0.6 is 11.6 Å². The van der Waals surface area contributed by atoms with Gasteiger partial charge >= 0.3 is 0 Å². The maximum Gasteiger partial charge on any atom is 0.255 e. The van der Waals surface area contributed by atoms with Crippen LogP contribution in [-0.2, 0) is 4.79 Å². The Morgan fingerprint density at radius 1 is 0.806 bits per heavy atom. The van der Waals surface area contributed by atoms with Crippen molar-refractivity contribution in [2.24, 2.45) is 5.41 Å². The molecule has 0 saturated carbocycles. The summed E-state index contributed by atoms with van der Waals surface area (Å²) in [5.74, 6) is 0.136. The Hall–Kier alpha value is -3.83. The number of carbonyl (C=O) groups is 2. The Morgan fingerprint density at radius 3 is 2.14 bits per heavy atom. The van der Waals surface area contributed by atoms with Crippen LogP contribution in [-0.4, -0.2) is 34.4 Å². The van der Waals surface area contributed by atoms with Gasteiger partial charge in [-0.2, -0.15) is 0 Å². The van der Waals surface area contributed by atoms with Crippen LogP contribution in [0.3, 0.4) is 0 Å². The highest BCUT2D eigenvalue weighted by Crippen LogP contribution is 2.57. The number of piperidine rings is 1. The van der Waals surface area contributed by atoms with Gasteiger partial charge in [0.1, 0.15) is 0 Å². The van der Waals surface area contributed by atoms with Crippen molar-refractivity contribution >= 4 is 29.1 Å². The van der Waals surface area contributed by atoms with Gasteiger partial charge < -0.3 is 14.4 Å². The average molecular weight is 496 g/mol. The van der Waals surface area contributed by atoms with Gasteiger partial charge in [0.15, 0.2) is 0 Å². The number of anilines is 1. The number of para-hydroxylation sites is 2. The maximum atomic E-state index is 13.7. The average Bonchev–Trinajstić information content (AvgIpc) is 3.47. The van der Waals surface area contributed by atoms with Crippen molar-refractivity contribution in [1.29, 1.82) is 0 Å². The van der Waals surface area contributed by atoms with Crippen LogP contribution in [0, 0.1) is 5.41 Å². The lowest BCUT2D eigenvalue weighted by molar-refractivity contribution is -0.144. The van der Waals surface area contributed by atoms with E-state index in [0.717, 1.165) is 16.9 Å². The van der Waals surface area contributed by atoms with E-state index < -0.39 is 5.41 Å². The van der Waals surface area contributed by atoms with E-state index in [0.29, 0.717) is 36.5 Å². The number of nitrogens with zero attached hydrogens (tertiary/aromatic N) is 3. The lowest BCUT2D eigenvalue weighted by atomic mass is 9.62. The normalized spacial score (nSPS) is 18.8. The van der Waals surface area contributed by atoms with Crippen molar-refractivity contribution in [3.63, 3.8) is 0 Å². The summed E-state index contributed by atoms with van der Waals surface area (Å²) in [5, 5.41) is 0.673. The zero-order valence-corrected chi connectivity index (χ0v) is 20.5. The van der Waals surface area contributed by atoms with Gasteiger partial charge in [-0.3, -0.25) is 9.59 Å². The predicted molar refractivity (Wildman–Crippen MR) is 141 cm³/mol. The first-order valence-corrected chi connectivity index (χ1v) is 12.6. The molecule has 3 aromatic carbocycles. The molecule has 180 valence electrons. The van der Waals surface area contributed by atoms with Crippen LogP contribution in [0.25, 0.3) is 5.69 Å². The largest absolute Gasteiger partial charge is 0.339 e. The number of amides is 2. The highest BCUT2D eigenvalue weighted by molar-refractivity contribution is 6.30. The second kappa shape index (κ2) is 8.99. The first-order chi connectivity index (χ1) is 17.6. The van der Waals surface area contributed by atoms with E-state index in [2.05, 4.69) is 0 Å². The number of hydrogen-bond donors (Lipinski definition) is 0. The van der Waals surface area contributed by atoms with Crippen LogP contribution in [0.5, 0.6) is 0 Å². The number of halogens is 1. The number of rotatable bonds is 4. The van der Waals surface area contributed by atoms with Gasteiger partial charge in [-0.1, -0.05) is 54.1 Å². The Labute approximate surface area is 215 Å². The molecule has 1 atom stereocenters. The molecule has 2 amide bonds. The summed E-state index contributed by atoms with van der Waals surface area (Å²) in [6.45, 7) is 1.08. The Morgan fingerprint density at radius 2 is 1.44 bits per heavy atom. The molecule has 0 radical (unpaired) electrons. The van der Waals surface area contributed by atoms with E-state index in [1.54, 1.807) is 0 Å². The zero-order chi connectivity index (χ0) is 24.7. The van der Waals surface area contributed by atoms with E-state index in [-0.39, 0.29) is 17.9 Å². The molecule has 1 spiro atoms. The molecule has 2 fully saturated rings. The minimum atomic E-state index is -0.527. The summed E-state index contributed by atoms with van der Waals surface area (Å²) in [7, 11) is 0. The lowest BCUT2D eigenvalue weighted by Gasteiger charge is -2.59. The number of hydrogen-bond acceptors (Lipinski definition) is 2. The van der Waals surface area contributed by atoms with Gasteiger partial charge in [0.25, 0.3) is 5.91 Å². The molecule has 1 aromatic heterocycles. The van der Waals surface area contributed by atoms with Crippen molar-refractivity contribution in [2.45, 2.75) is 18.9 Å². The van der Waals surface area contributed by atoms with Gasteiger partial charge in [0, 0.05) is 36.2 Å². The van der Waals surface area contributed by atoms with Gasteiger partial charge in [-0.05, 0) is 66.9 Å². The monoisotopic (exact) mass is 495 g/mol. The fraction of sp³-hybridized carbons (Fsp3) is 0.200. The molecular formula is C30H26ClN3O2. The molecule has 36 heavy (non-hydrogen) atoms. The molecule has 2 aliphatic heterocycles. The van der Waals surface area contributed by atoms with Crippen molar-refractivity contribution in [1.82, 2.24) is 9.47 Å². The van der Waals surface area contributed by atoms with Gasteiger partial charge in [-0.15, -0.1) is 0 Å². The van der Waals surface area contributed by atoms with Crippen LogP contribution < -0.4 is 4.90 Å². The summed E-state index contributed by atoms with van der Waals surface area (Å²) < 4.78 is 1.96. The molecule has 1 unspecified atom stereocenters. The smallest absolute Gasteiger partial charge is 0.255 e. The molecular weight excluding hydrogens is 470 g/mol. The van der Waals surface area contributed by atoms with Crippen molar-refractivity contribution < 1.29 is 9.59 Å². The fourth-order valence-corrected chi connectivity index (χ4v) is 5.89. The van der Waals surface area contributed by atoms with Crippen LogP contribution in [0.15, 0.2) is 103 Å². The minimum absolute atomic E-state index is 0.00359. The molecule has 0 bridgehead atoms. The standard InChI is InChI=1S/C30H26ClN3O2/c31-23-14-12-22(13-15-23)27-30(29(36)34(27)24-8-2-1-3-9-24)16-20-33(21-17-30)28(35)25-10-4-5-11-26(25)32-18-6-7-19-32/h1-15,18-19,27H,16-17,20-21H2. The van der Waals surface area contributed by atoms with E-state index in [1.807, 2.05) is 118 Å². The van der Waals surface area contributed by atoms with Gasteiger partial charge in [-0.25, -0.2) is 0 Å². The summed E-state index contributed by atoms with van der Waals surface area (Å²) >= 11 is 6.17. The number of β-lactam (4-membered cyclic amide) rings is 1. The Balaban J connectivity index is 1.28. The summed E-state index contributed by atoms with van der Waals surface area (Å²) in [5.41, 5.74) is 2.97. The second-order valence-corrected chi connectivity index (χ2v) is 9.96. The highest BCUT2D eigenvalue weighted by atomic mass is 35.5. The van der Waals surface area contributed by atoms with E-state index in [1.165, 1.54) is 0 Å². The molecule has 0 N–H and O–H groups in total. The Bertz CT molecular complexity index is 1390. The minimum Gasteiger partial charge on any atom is -0.339 e. The predicted octanol–water partition coefficient (Wildman–Crippen LogP) is 6.14. The molecule has 6 rings (SSSR count). The van der Waals surface area contributed by atoms with E-state index >= 15 is 0 Å². The number of carbonyl (C=O) groups excluding carboxylic acids is 2. The molecule has 5 nitrogen and oxygen atoms in total. The molecule has 4 aromatic rings. The fourth-order valence-electron chi connectivity index (χ4n) is 5.76. The number of likely N-dealkylation sites (tertiary alicyclic amines) is 1. The summed E-state index contributed by atoms with van der Waals surface area (Å²) in [6, 6.07) is 29.1. The topological polar surface area (TPSA) is 45.6 Å². The number of benzene rings is 3. The van der Waals surface area contributed by atoms with Crippen molar-refractivity contribution in [2.75, 3.05) is 18.0 Å². The quantitative estimate of drug-likeness (QED) is 0.319. The highest BCUT2D eigenvalue weighted by Gasteiger charge is 2.62. The lowest BCUT2D eigenvalue weighted by Crippen LogP contribution is -2.67. The van der Waals surface area contributed by atoms with Crippen molar-refractivity contribution in [3.05, 3.63) is 120 Å². The SMILES string of the molecule is O=C(c1ccccc1-n1cccc1)N1CCC2(CC1)C(=O)N(c1ccccc1)C2c1ccc(Cl)cc1. The second-order valence-electron chi connectivity index (χ2n) is 9.52. The third kappa shape index (κ3) is 3.62. The van der Waals surface area contributed by atoms with E-state index in [9.17, 15) is 9.59 Å². The zero-order valence-electron chi connectivity index (χ0n) is 19.8. The van der Waals surface area contributed by atoms with Crippen LogP contribution in [0.2, 0.25) is 5.02 Å². The maximum absolute atomic E-state index is 13.7. The molecule has 0 aliphatic carbocycles. The van der Waals surface area contributed by atoms with Gasteiger partial charge in [0.2, 0.25) is 5.91 Å². The third-order valence-corrected chi connectivity index (χ3v) is 7.86. The van der Waals surface area contributed by atoms with Crippen LogP contribution in [0.1, 0.15) is 34.8 Å². The van der Waals surface area contributed by atoms with Crippen LogP contribution in [0.4, 0.5) is 5.69 Å². The molecule has 2 saturated heterocycles. The summed E-state index contributed by atoms with van der Waals surface area (Å²) in [4.78, 5) is 31.1. The molecule has 3 heterocycles. The summed E-state index contributed by atoms with van der Waals surface area (Å²) in [6.07, 6.45) is 5.14. The molecule has 2 aliphatic rings. The first-order valence-electron chi connectivity index (χ1n) is 12.2. The first kappa shape index (κ1) is 22.6.